The van der Waals surface area contributed by atoms with Crippen LogP contribution >= 0.6 is 7.60 Å². The number of hydrogen-bond acceptors (Lipinski definition) is 2. The Kier molecular flexibility index (Phi) is 3.46. The molecule has 21 heavy (non-hydrogen) atoms. The van der Waals surface area contributed by atoms with E-state index in [9.17, 15) is 14.4 Å². The summed E-state index contributed by atoms with van der Waals surface area (Å²) in [4.78, 5) is 19.0. The summed E-state index contributed by atoms with van der Waals surface area (Å²) in [7, 11) is -4.38. The summed E-state index contributed by atoms with van der Waals surface area (Å²) in [5.74, 6) is 0.272. The zero-order chi connectivity index (χ0) is 15.0. The van der Waals surface area contributed by atoms with Gasteiger partial charge in [0.1, 0.15) is 11.1 Å². The fourth-order valence-corrected chi connectivity index (χ4v) is 3.22. The van der Waals surface area contributed by atoms with Gasteiger partial charge in [-0.1, -0.05) is 30.3 Å². The largest absolute Gasteiger partial charge is 0.492 e. The van der Waals surface area contributed by atoms with Crippen molar-refractivity contribution < 1.29 is 19.1 Å². The molecule has 3 aromatic rings. The Balaban J connectivity index is 2.40. The molecule has 0 saturated heterocycles. The van der Waals surface area contributed by atoms with Crippen molar-refractivity contribution in [2.75, 3.05) is 6.61 Å². The minimum atomic E-state index is -4.38. The average molecular weight is 302 g/mol. The van der Waals surface area contributed by atoms with Gasteiger partial charge in [-0.15, -0.1) is 0 Å². The molecular weight excluding hydrogens is 287 g/mol. The van der Waals surface area contributed by atoms with Crippen molar-refractivity contribution in [3.63, 3.8) is 0 Å². The van der Waals surface area contributed by atoms with E-state index in [-0.39, 0.29) is 11.1 Å². The van der Waals surface area contributed by atoms with Gasteiger partial charge in [-0.25, -0.2) is 0 Å². The molecule has 0 atom stereocenters. The highest BCUT2D eigenvalue weighted by atomic mass is 31.2. The molecule has 0 bridgehead atoms. The van der Waals surface area contributed by atoms with Crippen LogP contribution in [0.2, 0.25) is 0 Å². The molecule has 0 aliphatic rings. The third kappa shape index (κ3) is 2.54. The van der Waals surface area contributed by atoms with Gasteiger partial charge < -0.3 is 14.5 Å². The summed E-state index contributed by atoms with van der Waals surface area (Å²) >= 11 is 0. The number of fused-ring (bicyclic) bond motifs is 2. The van der Waals surface area contributed by atoms with Crippen molar-refractivity contribution in [2.24, 2.45) is 0 Å². The maximum absolute atomic E-state index is 11.7. The normalized spacial score (nSPS) is 12.0. The van der Waals surface area contributed by atoms with Crippen molar-refractivity contribution in [3.8, 4) is 5.75 Å². The van der Waals surface area contributed by atoms with Crippen molar-refractivity contribution in [1.29, 1.82) is 0 Å². The van der Waals surface area contributed by atoms with Crippen molar-refractivity contribution in [3.05, 3.63) is 48.5 Å². The Morgan fingerprint density at radius 3 is 2.29 bits per heavy atom. The van der Waals surface area contributed by atoms with E-state index in [4.69, 9.17) is 4.74 Å². The average Bonchev–Trinajstić information content (AvgIpc) is 2.44. The van der Waals surface area contributed by atoms with Gasteiger partial charge >= 0.3 is 7.60 Å². The van der Waals surface area contributed by atoms with Gasteiger partial charge in [-0.3, -0.25) is 4.57 Å². The second-order valence-corrected chi connectivity index (χ2v) is 6.38. The molecule has 0 unspecified atom stereocenters. The highest BCUT2D eigenvalue weighted by molar-refractivity contribution is 7.60. The van der Waals surface area contributed by atoms with E-state index < -0.39 is 7.60 Å². The molecule has 0 spiro atoms. The highest BCUT2D eigenvalue weighted by Crippen LogP contribution is 2.41. The van der Waals surface area contributed by atoms with E-state index >= 15 is 0 Å². The van der Waals surface area contributed by atoms with Crippen LogP contribution in [0.5, 0.6) is 5.75 Å². The van der Waals surface area contributed by atoms with E-state index in [2.05, 4.69) is 0 Å². The molecule has 0 amide bonds. The van der Waals surface area contributed by atoms with Gasteiger partial charge in [0, 0.05) is 5.39 Å². The molecule has 4 nitrogen and oxygen atoms in total. The quantitative estimate of drug-likeness (QED) is 0.576. The Morgan fingerprint density at radius 1 is 1.00 bits per heavy atom. The van der Waals surface area contributed by atoms with Crippen LogP contribution in [0.3, 0.4) is 0 Å². The Morgan fingerprint density at radius 2 is 1.67 bits per heavy atom. The minimum absolute atomic E-state index is 0.0628. The number of rotatable bonds is 3. The van der Waals surface area contributed by atoms with Crippen LogP contribution in [-0.2, 0) is 4.57 Å². The Hall–Kier alpha value is -1.87. The first kappa shape index (κ1) is 14.1. The third-order valence-electron chi connectivity index (χ3n) is 3.42. The Bertz CT molecular complexity index is 867. The lowest BCUT2D eigenvalue weighted by molar-refractivity contribution is 0.342. The molecule has 0 aromatic heterocycles. The zero-order valence-corrected chi connectivity index (χ0v) is 12.4. The lowest BCUT2D eigenvalue weighted by atomic mass is 10.0. The molecule has 0 saturated carbocycles. The van der Waals surface area contributed by atoms with Crippen LogP contribution in [0.25, 0.3) is 21.5 Å². The predicted octanol–water partition coefficient (Wildman–Crippen LogP) is 3.19. The molecule has 0 aliphatic heterocycles. The molecule has 3 aromatic carbocycles. The summed E-state index contributed by atoms with van der Waals surface area (Å²) in [6.45, 7) is 2.14. The van der Waals surface area contributed by atoms with E-state index in [0.29, 0.717) is 6.61 Å². The highest BCUT2D eigenvalue weighted by Gasteiger charge is 2.24. The second-order valence-electron chi connectivity index (χ2n) is 4.81. The SMILES string of the molecule is CCOc1c(P(=O)(O)O)ccc2cc3ccccc3cc12. The monoisotopic (exact) mass is 302 g/mol. The van der Waals surface area contributed by atoms with Gasteiger partial charge in [0.25, 0.3) is 0 Å². The zero-order valence-electron chi connectivity index (χ0n) is 11.5. The lowest BCUT2D eigenvalue weighted by Gasteiger charge is -2.15. The van der Waals surface area contributed by atoms with Gasteiger partial charge in [-0.05, 0) is 41.3 Å². The lowest BCUT2D eigenvalue weighted by Crippen LogP contribution is -2.10. The molecule has 2 N–H and O–H groups in total. The first-order valence-corrected chi connectivity index (χ1v) is 8.26. The summed E-state index contributed by atoms with van der Waals surface area (Å²) < 4.78 is 17.2. The fourth-order valence-electron chi connectivity index (χ4n) is 2.50. The van der Waals surface area contributed by atoms with Crippen LogP contribution in [-0.4, -0.2) is 16.4 Å². The number of benzene rings is 3. The number of ether oxygens (including phenoxy) is 1. The third-order valence-corrected chi connectivity index (χ3v) is 4.40. The Labute approximate surface area is 122 Å². The minimum Gasteiger partial charge on any atom is -0.492 e. The van der Waals surface area contributed by atoms with Gasteiger partial charge in [0.05, 0.1) is 6.61 Å². The fraction of sp³-hybridized carbons (Fsp3) is 0.125. The van der Waals surface area contributed by atoms with Crippen molar-refractivity contribution >= 4 is 34.4 Å². The molecule has 0 aliphatic carbocycles. The molecule has 108 valence electrons. The summed E-state index contributed by atoms with van der Waals surface area (Å²) in [5.41, 5.74) is 0. The molecule has 0 fully saturated rings. The summed E-state index contributed by atoms with van der Waals surface area (Å²) in [6.07, 6.45) is 0. The molecule has 5 heteroatoms. The van der Waals surface area contributed by atoms with E-state index in [1.807, 2.05) is 36.4 Å². The van der Waals surface area contributed by atoms with Crippen LogP contribution in [0, 0.1) is 0 Å². The van der Waals surface area contributed by atoms with Crippen molar-refractivity contribution in [2.45, 2.75) is 6.92 Å². The first-order valence-electron chi connectivity index (χ1n) is 6.65. The van der Waals surface area contributed by atoms with Gasteiger partial charge in [0.15, 0.2) is 0 Å². The standard InChI is InChI=1S/C16H15O4P/c1-2-20-16-14-10-12-6-4-3-5-11(12)9-13(14)7-8-15(16)21(17,18)19/h3-10H,2H2,1H3,(H2,17,18,19). The summed E-state index contributed by atoms with van der Waals surface area (Å²) in [5, 5.41) is 3.64. The topological polar surface area (TPSA) is 66.8 Å². The maximum atomic E-state index is 11.7. The van der Waals surface area contributed by atoms with Crippen LogP contribution in [0.1, 0.15) is 6.92 Å². The van der Waals surface area contributed by atoms with Crippen molar-refractivity contribution in [1.82, 2.24) is 0 Å². The smallest absolute Gasteiger partial charge is 0.359 e. The number of hydrogen-bond donors (Lipinski definition) is 2. The molecule has 3 rings (SSSR count). The molecule has 0 radical (unpaired) electrons. The second kappa shape index (κ2) is 5.15. The van der Waals surface area contributed by atoms with E-state index in [1.165, 1.54) is 6.07 Å². The molecule has 0 heterocycles. The van der Waals surface area contributed by atoms with Crippen LogP contribution < -0.4 is 10.0 Å². The van der Waals surface area contributed by atoms with Gasteiger partial charge in [0.2, 0.25) is 0 Å². The predicted molar refractivity (Wildman–Crippen MR) is 84.3 cm³/mol. The van der Waals surface area contributed by atoms with Crippen LogP contribution in [0.4, 0.5) is 0 Å². The maximum Gasteiger partial charge on any atom is 0.359 e. The van der Waals surface area contributed by atoms with Gasteiger partial charge in [-0.2, -0.15) is 0 Å². The van der Waals surface area contributed by atoms with E-state index in [0.717, 1.165) is 21.5 Å². The summed E-state index contributed by atoms with van der Waals surface area (Å²) in [6, 6.07) is 14.9. The molecular formula is C16H15O4P. The van der Waals surface area contributed by atoms with Crippen LogP contribution in [0.15, 0.2) is 48.5 Å². The van der Waals surface area contributed by atoms with E-state index in [1.54, 1.807) is 13.0 Å². The first-order chi connectivity index (χ1) is 10.0.